The van der Waals surface area contributed by atoms with E-state index >= 15 is 0 Å². The van der Waals surface area contributed by atoms with Crippen LogP contribution in [0.3, 0.4) is 0 Å². The lowest BCUT2D eigenvalue weighted by Crippen LogP contribution is -2.49. The van der Waals surface area contributed by atoms with Gasteiger partial charge in [0, 0.05) is 13.0 Å². The lowest BCUT2D eigenvalue weighted by atomic mass is 10.1. The highest BCUT2D eigenvalue weighted by Gasteiger charge is 2.28. The second-order valence-corrected chi connectivity index (χ2v) is 5.43. The smallest absolute Gasteiger partial charge is 0.328 e. The van der Waals surface area contributed by atoms with Crippen LogP contribution in [0.25, 0.3) is 0 Å². The predicted molar refractivity (Wildman–Crippen MR) is 80.1 cm³/mol. The van der Waals surface area contributed by atoms with Crippen molar-refractivity contribution >= 4 is 11.9 Å². The Kier molecular flexibility index (Phi) is 6.88. The van der Waals surface area contributed by atoms with Gasteiger partial charge >= 0.3 is 5.97 Å². The number of amides is 1. The van der Waals surface area contributed by atoms with Crippen LogP contribution in [-0.2, 0) is 20.7 Å². The molecular formula is C16H23NO4. The molecule has 0 heterocycles. The fourth-order valence-corrected chi connectivity index (χ4v) is 1.74. The maximum Gasteiger partial charge on any atom is 0.328 e. The monoisotopic (exact) mass is 293 g/mol. The van der Waals surface area contributed by atoms with Crippen molar-refractivity contribution in [1.82, 2.24) is 5.32 Å². The SMILES string of the molecule is CC(C)(NC(=O)CCCOCCc1ccccc1)C(=O)O. The van der Waals surface area contributed by atoms with Crippen molar-refractivity contribution in [2.45, 2.75) is 38.6 Å². The number of carbonyl (C=O) groups excluding carboxylic acids is 1. The number of carboxylic acids is 1. The van der Waals surface area contributed by atoms with Crippen LogP contribution in [-0.4, -0.2) is 35.7 Å². The highest BCUT2D eigenvalue weighted by molar-refractivity contribution is 5.86. The second-order valence-electron chi connectivity index (χ2n) is 5.43. The van der Waals surface area contributed by atoms with Crippen molar-refractivity contribution in [3.8, 4) is 0 Å². The second kappa shape index (κ2) is 8.42. The number of aliphatic carboxylic acids is 1. The number of carboxylic acid groups (broad SMARTS) is 1. The standard InChI is InChI=1S/C16H23NO4/c1-16(2,15(19)20)17-14(18)9-6-11-21-12-10-13-7-4-3-5-8-13/h3-5,7-8H,6,9-12H2,1-2H3,(H,17,18)(H,19,20). The van der Waals surface area contributed by atoms with E-state index in [1.807, 2.05) is 30.3 Å². The van der Waals surface area contributed by atoms with E-state index in [-0.39, 0.29) is 12.3 Å². The van der Waals surface area contributed by atoms with Crippen LogP contribution >= 0.6 is 0 Å². The quantitative estimate of drug-likeness (QED) is 0.683. The molecule has 116 valence electrons. The van der Waals surface area contributed by atoms with E-state index < -0.39 is 11.5 Å². The summed E-state index contributed by atoms with van der Waals surface area (Å²) in [5.41, 5.74) is -0.0101. The van der Waals surface area contributed by atoms with Gasteiger partial charge in [0.2, 0.25) is 5.91 Å². The highest BCUT2D eigenvalue weighted by atomic mass is 16.5. The van der Waals surface area contributed by atoms with Crippen LogP contribution < -0.4 is 5.32 Å². The molecule has 5 nitrogen and oxygen atoms in total. The van der Waals surface area contributed by atoms with Gasteiger partial charge in [-0.1, -0.05) is 30.3 Å². The van der Waals surface area contributed by atoms with E-state index in [0.29, 0.717) is 19.6 Å². The fraction of sp³-hybridized carbons (Fsp3) is 0.500. The van der Waals surface area contributed by atoms with Gasteiger partial charge in [0.1, 0.15) is 5.54 Å². The molecule has 0 aliphatic heterocycles. The van der Waals surface area contributed by atoms with Crippen molar-refractivity contribution in [2.75, 3.05) is 13.2 Å². The molecule has 0 aliphatic carbocycles. The fourth-order valence-electron chi connectivity index (χ4n) is 1.74. The molecule has 2 N–H and O–H groups in total. The predicted octanol–water partition coefficient (Wildman–Crippen LogP) is 2.01. The molecule has 1 aromatic rings. The molecule has 1 aromatic carbocycles. The summed E-state index contributed by atoms with van der Waals surface area (Å²) in [6.07, 6.45) is 1.69. The van der Waals surface area contributed by atoms with Gasteiger partial charge < -0.3 is 15.2 Å². The number of hydrogen-bond acceptors (Lipinski definition) is 3. The van der Waals surface area contributed by atoms with Crippen molar-refractivity contribution in [1.29, 1.82) is 0 Å². The molecular weight excluding hydrogens is 270 g/mol. The minimum atomic E-state index is -1.23. The molecule has 0 aliphatic rings. The Labute approximate surface area is 125 Å². The number of carbonyl (C=O) groups is 2. The lowest BCUT2D eigenvalue weighted by molar-refractivity contribution is -0.146. The van der Waals surface area contributed by atoms with Gasteiger partial charge in [-0.3, -0.25) is 4.79 Å². The van der Waals surface area contributed by atoms with Crippen LogP contribution in [0.1, 0.15) is 32.3 Å². The molecule has 0 saturated carbocycles. The zero-order valence-corrected chi connectivity index (χ0v) is 12.6. The van der Waals surface area contributed by atoms with E-state index in [1.165, 1.54) is 19.4 Å². The summed E-state index contributed by atoms with van der Waals surface area (Å²) in [6, 6.07) is 10.0. The van der Waals surface area contributed by atoms with Crippen molar-refractivity contribution in [3.05, 3.63) is 35.9 Å². The Hall–Kier alpha value is -1.88. The van der Waals surface area contributed by atoms with Crippen molar-refractivity contribution in [3.63, 3.8) is 0 Å². The molecule has 0 aromatic heterocycles. The molecule has 1 amide bonds. The van der Waals surface area contributed by atoms with E-state index in [9.17, 15) is 9.59 Å². The average Bonchev–Trinajstić information content (AvgIpc) is 2.43. The highest BCUT2D eigenvalue weighted by Crippen LogP contribution is 2.04. The summed E-state index contributed by atoms with van der Waals surface area (Å²) in [5, 5.41) is 11.4. The molecule has 1 rings (SSSR count). The van der Waals surface area contributed by atoms with E-state index in [2.05, 4.69) is 5.32 Å². The molecule has 0 saturated heterocycles. The van der Waals surface area contributed by atoms with Crippen molar-refractivity contribution < 1.29 is 19.4 Å². The summed E-state index contributed by atoms with van der Waals surface area (Å²) in [6.45, 7) is 4.03. The summed E-state index contributed by atoms with van der Waals surface area (Å²) in [4.78, 5) is 22.5. The zero-order valence-electron chi connectivity index (χ0n) is 12.6. The van der Waals surface area contributed by atoms with Gasteiger partial charge in [-0.15, -0.1) is 0 Å². The first-order valence-corrected chi connectivity index (χ1v) is 7.08. The Balaban J connectivity index is 2.09. The third kappa shape index (κ3) is 6.90. The van der Waals surface area contributed by atoms with Gasteiger partial charge in [0.05, 0.1) is 6.61 Å². The molecule has 0 radical (unpaired) electrons. The molecule has 0 unspecified atom stereocenters. The normalized spacial score (nSPS) is 11.1. The van der Waals surface area contributed by atoms with Crippen LogP contribution in [0.4, 0.5) is 0 Å². The topological polar surface area (TPSA) is 75.6 Å². The first kappa shape index (κ1) is 17.2. The van der Waals surface area contributed by atoms with Crippen LogP contribution in [0, 0.1) is 0 Å². The molecule has 5 heteroatoms. The Morgan fingerprint density at radius 1 is 1.19 bits per heavy atom. The molecule has 0 spiro atoms. The third-order valence-corrected chi connectivity index (χ3v) is 3.06. The minimum Gasteiger partial charge on any atom is -0.480 e. The lowest BCUT2D eigenvalue weighted by Gasteiger charge is -2.20. The van der Waals surface area contributed by atoms with Crippen molar-refractivity contribution in [2.24, 2.45) is 0 Å². The molecule has 0 atom stereocenters. The number of nitrogens with one attached hydrogen (secondary N) is 1. The van der Waals surface area contributed by atoms with Gasteiger partial charge in [0.15, 0.2) is 0 Å². The number of hydrogen-bond donors (Lipinski definition) is 2. The third-order valence-electron chi connectivity index (χ3n) is 3.06. The van der Waals surface area contributed by atoms with Crippen LogP contribution in [0.15, 0.2) is 30.3 Å². The minimum absolute atomic E-state index is 0.266. The summed E-state index contributed by atoms with van der Waals surface area (Å²) in [7, 11) is 0. The van der Waals surface area contributed by atoms with E-state index in [1.54, 1.807) is 0 Å². The maximum atomic E-state index is 11.6. The van der Waals surface area contributed by atoms with E-state index in [4.69, 9.17) is 9.84 Å². The van der Waals surface area contributed by atoms with Crippen LogP contribution in [0.2, 0.25) is 0 Å². The Morgan fingerprint density at radius 2 is 1.86 bits per heavy atom. The average molecular weight is 293 g/mol. The Bertz CT molecular complexity index is 457. The number of benzene rings is 1. The largest absolute Gasteiger partial charge is 0.480 e. The zero-order chi connectivity index (χ0) is 15.7. The molecule has 0 bridgehead atoms. The number of rotatable bonds is 9. The van der Waals surface area contributed by atoms with Gasteiger partial charge in [-0.2, -0.15) is 0 Å². The first-order chi connectivity index (χ1) is 9.92. The summed E-state index contributed by atoms with van der Waals surface area (Å²) >= 11 is 0. The van der Waals surface area contributed by atoms with Gasteiger partial charge in [-0.05, 0) is 32.3 Å². The number of ether oxygens (including phenoxy) is 1. The van der Waals surface area contributed by atoms with E-state index in [0.717, 1.165) is 6.42 Å². The maximum absolute atomic E-state index is 11.6. The molecule has 21 heavy (non-hydrogen) atoms. The van der Waals surface area contributed by atoms with Gasteiger partial charge in [-0.25, -0.2) is 4.79 Å². The van der Waals surface area contributed by atoms with Crippen LogP contribution in [0.5, 0.6) is 0 Å². The Morgan fingerprint density at radius 3 is 2.48 bits per heavy atom. The van der Waals surface area contributed by atoms with Gasteiger partial charge in [0.25, 0.3) is 0 Å². The summed E-state index contributed by atoms with van der Waals surface area (Å²) < 4.78 is 5.47. The molecule has 0 fully saturated rings. The summed E-state index contributed by atoms with van der Waals surface area (Å²) in [5.74, 6) is -1.32. The first-order valence-electron chi connectivity index (χ1n) is 7.08.